The van der Waals surface area contributed by atoms with Crippen LogP contribution < -0.4 is 4.90 Å². The predicted molar refractivity (Wildman–Crippen MR) is 89.4 cm³/mol. The molecule has 4 heteroatoms. The van der Waals surface area contributed by atoms with E-state index >= 15 is 0 Å². The summed E-state index contributed by atoms with van der Waals surface area (Å²) in [7, 11) is 0. The Morgan fingerprint density at radius 3 is 2.50 bits per heavy atom. The Hall–Kier alpha value is -2.28. The smallest absolute Gasteiger partial charge is 0.348 e. The minimum absolute atomic E-state index is 0.0280. The average molecular weight is 300 g/mol. The lowest BCUT2D eigenvalue weighted by Crippen LogP contribution is -2.22. The third-order valence-corrected chi connectivity index (χ3v) is 3.23. The zero-order valence-corrected chi connectivity index (χ0v) is 13.8. The number of anilines is 1. The Bertz CT molecular complexity index is 567. The van der Waals surface area contributed by atoms with Crippen LogP contribution in [0.4, 0.5) is 5.69 Å². The topological polar surface area (TPSA) is 53.3 Å². The Kier molecular flexibility index (Phi) is 7.18. The second-order valence-corrected chi connectivity index (χ2v) is 5.39. The highest BCUT2D eigenvalue weighted by Gasteiger charge is 2.13. The summed E-state index contributed by atoms with van der Waals surface area (Å²) in [5.41, 5.74) is 1.89. The molecule has 0 aliphatic rings. The van der Waals surface area contributed by atoms with Crippen molar-refractivity contribution in [3.63, 3.8) is 0 Å². The van der Waals surface area contributed by atoms with E-state index in [-0.39, 0.29) is 11.5 Å². The van der Waals surface area contributed by atoms with Crippen LogP contribution in [0.15, 0.2) is 29.8 Å². The number of ether oxygens (including phenoxy) is 1. The van der Waals surface area contributed by atoms with Crippen LogP contribution in [0.25, 0.3) is 6.08 Å². The van der Waals surface area contributed by atoms with Crippen molar-refractivity contribution in [2.45, 2.75) is 27.7 Å². The number of esters is 1. The predicted octanol–water partition coefficient (Wildman–Crippen LogP) is 3.64. The first-order chi connectivity index (χ1) is 10.5. The van der Waals surface area contributed by atoms with E-state index in [1.807, 2.05) is 44.2 Å². The van der Waals surface area contributed by atoms with Crippen molar-refractivity contribution < 1.29 is 9.53 Å². The molecule has 0 aliphatic carbocycles. The number of carbonyl (C=O) groups is 1. The van der Waals surface area contributed by atoms with Gasteiger partial charge in [0, 0.05) is 18.8 Å². The van der Waals surface area contributed by atoms with E-state index in [1.165, 1.54) is 0 Å². The van der Waals surface area contributed by atoms with Crippen LogP contribution in [-0.2, 0) is 9.53 Å². The Labute approximate surface area is 133 Å². The van der Waals surface area contributed by atoms with Crippen LogP contribution in [0.1, 0.15) is 33.3 Å². The maximum absolute atomic E-state index is 12.0. The summed E-state index contributed by atoms with van der Waals surface area (Å²) < 4.78 is 5.14. The molecule has 118 valence electrons. The fourth-order valence-corrected chi connectivity index (χ4v) is 2.07. The van der Waals surface area contributed by atoms with Gasteiger partial charge in [0.1, 0.15) is 11.6 Å². The molecular weight excluding hydrogens is 276 g/mol. The standard InChI is InChI=1S/C18H24N2O2/c1-5-20(6-2)17-10-8-7-9-15(17)11-16(12-19)18(21)22-13-14(3)4/h7-11,14H,5-6,13H2,1-4H3/b16-11+. The summed E-state index contributed by atoms with van der Waals surface area (Å²) in [6, 6.07) is 9.69. The van der Waals surface area contributed by atoms with E-state index in [0.717, 1.165) is 24.3 Å². The lowest BCUT2D eigenvalue weighted by molar-refractivity contribution is -0.139. The number of nitrogens with zero attached hydrogens (tertiary/aromatic N) is 2. The van der Waals surface area contributed by atoms with Crippen LogP contribution in [0.5, 0.6) is 0 Å². The molecule has 0 atom stereocenters. The summed E-state index contributed by atoms with van der Waals surface area (Å²) in [4.78, 5) is 14.2. The van der Waals surface area contributed by atoms with E-state index in [4.69, 9.17) is 4.74 Å². The molecule has 0 unspecified atom stereocenters. The summed E-state index contributed by atoms with van der Waals surface area (Å²) in [5, 5.41) is 9.23. The molecule has 0 N–H and O–H groups in total. The monoisotopic (exact) mass is 300 g/mol. The van der Waals surface area contributed by atoms with Crippen molar-refractivity contribution in [3.8, 4) is 6.07 Å². The summed E-state index contributed by atoms with van der Waals surface area (Å²) >= 11 is 0. The highest BCUT2D eigenvalue weighted by atomic mass is 16.5. The molecule has 1 aromatic carbocycles. The van der Waals surface area contributed by atoms with Crippen molar-refractivity contribution in [2.24, 2.45) is 5.92 Å². The van der Waals surface area contributed by atoms with Gasteiger partial charge in [-0.3, -0.25) is 0 Å². The lowest BCUT2D eigenvalue weighted by Gasteiger charge is -2.23. The molecule has 0 saturated heterocycles. The third kappa shape index (κ3) is 4.92. The number of rotatable bonds is 7. The van der Waals surface area contributed by atoms with Crippen molar-refractivity contribution in [1.82, 2.24) is 0 Å². The molecule has 0 saturated carbocycles. The van der Waals surface area contributed by atoms with Gasteiger partial charge in [-0.1, -0.05) is 32.0 Å². The molecule has 0 radical (unpaired) electrons. The number of para-hydroxylation sites is 1. The van der Waals surface area contributed by atoms with E-state index in [0.29, 0.717) is 6.61 Å². The number of benzene rings is 1. The molecule has 0 aromatic heterocycles. The molecule has 0 heterocycles. The van der Waals surface area contributed by atoms with Crippen LogP contribution >= 0.6 is 0 Å². The van der Waals surface area contributed by atoms with Gasteiger partial charge in [0.05, 0.1) is 6.61 Å². The van der Waals surface area contributed by atoms with Crippen LogP contribution in [0, 0.1) is 17.2 Å². The van der Waals surface area contributed by atoms with Crippen LogP contribution in [0.2, 0.25) is 0 Å². The normalized spacial score (nSPS) is 11.2. The maximum Gasteiger partial charge on any atom is 0.348 e. The molecular formula is C18H24N2O2. The highest BCUT2D eigenvalue weighted by molar-refractivity contribution is 5.98. The molecule has 22 heavy (non-hydrogen) atoms. The highest BCUT2D eigenvalue weighted by Crippen LogP contribution is 2.23. The average Bonchev–Trinajstić information content (AvgIpc) is 2.52. The van der Waals surface area contributed by atoms with E-state index < -0.39 is 5.97 Å². The summed E-state index contributed by atoms with van der Waals surface area (Å²) in [6.45, 7) is 10.1. The number of hydrogen-bond acceptors (Lipinski definition) is 4. The van der Waals surface area contributed by atoms with Gasteiger partial charge in [-0.15, -0.1) is 0 Å². The van der Waals surface area contributed by atoms with Gasteiger partial charge in [-0.25, -0.2) is 4.79 Å². The Morgan fingerprint density at radius 2 is 1.95 bits per heavy atom. The van der Waals surface area contributed by atoms with Gasteiger partial charge in [0.2, 0.25) is 0 Å². The van der Waals surface area contributed by atoms with Crippen molar-refractivity contribution in [3.05, 3.63) is 35.4 Å². The molecule has 1 aromatic rings. The maximum atomic E-state index is 12.0. The van der Waals surface area contributed by atoms with Gasteiger partial charge >= 0.3 is 5.97 Å². The SMILES string of the molecule is CCN(CC)c1ccccc1/C=C(\C#N)C(=O)OCC(C)C. The fraction of sp³-hybridized carbons (Fsp3) is 0.444. The molecule has 0 spiro atoms. The minimum atomic E-state index is -0.564. The largest absolute Gasteiger partial charge is 0.461 e. The molecule has 0 bridgehead atoms. The van der Waals surface area contributed by atoms with Crippen molar-refractivity contribution in [2.75, 3.05) is 24.6 Å². The van der Waals surface area contributed by atoms with Crippen molar-refractivity contribution >= 4 is 17.7 Å². The van der Waals surface area contributed by atoms with Gasteiger partial charge in [0.25, 0.3) is 0 Å². The van der Waals surface area contributed by atoms with E-state index in [1.54, 1.807) is 6.08 Å². The molecule has 1 rings (SSSR count). The first-order valence-corrected chi connectivity index (χ1v) is 7.66. The first-order valence-electron chi connectivity index (χ1n) is 7.66. The Balaban J connectivity index is 3.08. The Morgan fingerprint density at radius 1 is 1.32 bits per heavy atom. The van der Waals surface area contributed by atoms with Gasteiger partial charge in [-0.2, -0.15) is 5.26 Å². The van der Waals surface area contributed by atoms with Crippen molar-refractivity contribution in [1.29, 1.82) is 5.26 Å². The van der Waals surface area contributed by atoms with Gasteiger partial charge < -0.3 is 9.64 Å². The first kappa shape index (κ1) is 17.8. The number of hydrogen-bond donors (Lipinski definition) is 0. The lowest BCUT2D eigenvalue weighted by atomic mass is 10.1. The zero-order valence-electron chi connectivity index (χ0n) is 13.8. The zero-order chi connectivity index (χ0) is 16.5. The van der Waals surface area contributed by atoms with Gasteiger partial charge in [0.15, 0.2) is 0 Å². The van der Waals surface area contributed by atoms with E-state index in [9.17, 15) is 10.1 Å². The summed E-state index contributed by atoms with van der Waals surface area (Å²) in [6.07, 6.45) is 1.61. The summed E-state index contributed by atoms with van der Waals surface area (Å²) in [5.74, 6) is -0.322. The van der Waals surface area contributed by atoms with Crippen LogP contribution in [0.3, 0.4) is 0 Å². The van der Waals surface area contributed by atoms with Gasteiger partial charge in [-0.05, 0) is 37.5 Å². The second-order valence-electron chi connectivity index (χ2n) is 5.39. The molecule has 0 aliphatic heterocycles. The fourth-order valence-electron chi connectivity index (χ4n) is 2.07. The van der Waals surface area contributed by atoms with E-state index in [2.05, 4.69) is 18.7 Å². The minimum Gasteiger partial charge on any atom is -0.461 e. The van der Waals surface area contributed by atoms with Crippen LogP contribution in [-0.4, -0.2) is 25.7 Å². The molecule has 0 fully saturated rings. The molecule has 0 amide bonds. The molecule has 4 nitrogen and oxygen atoms in total. The third-order valence-electron chi connectivity index (χ3n) is 3.23. The second kappa shape index (κ2) is 8.89. The number of carbonyl (C=O) groups excluding carboxylic acids is 1. The number of nitriles is 1. The quantitative estimate of drug-likeness (QED) is 0.438.